The van der Waals surface area contributed by atoms with Crippen LogP contribution in [0.1, 0.15) is 38.2 Å². The Morgan fingerprint density at radius 1 is 1.31 bits per heavy atom. The maximum absolute atomic E-state index is 12.9. The number of hydrogen-bond acceptors (Lipinski definition) is 4. The van der Waals surface area contributed by atoms with Crippen LogP contribution in [0.5, 0.6) is 5.75 Å². The van der Waals surface area contributed by atoms with Crippen molar-refractivity contribution in [3.8, 4) is 5.75 Å². The molecule has 0 radical (unpaired) electrons. The van der Waals surface area contributed by atoms with E-state index in [2.05, 4.69) is 5.32 Å². The van der Waals surface area contributed by atoms with E-state index in [4.69, 9.17) is 4.74 Å². The van der Waals surface area contributed by atoms with Gasteiger partial charge in [0.05, 0.1) is 7.11 Å². The van der Waals surface area contributed by atoms with Crippen LogP contribution in [-0.2, 0) is 10.4 Å². The van der Waals surface area contributed by atoms with E-state index in [0.717, 1.165) is 31.5 Å². The number of rotatable bonds is 6. The van der Waals surface area contributed by atoms with Gasteiger partial charge in [0.1, 0.15) is 5.75 Å². The first-order valence-electron chi connectivity index (χ1n) is 9.75. The summed E-state index contributed by atoms with van der Waals surface area (Å²) in [6.07, 6.45) is 5.00. The molecule has 5 nitrogen and oxygen atoms in total. The molecule has 1 aromatic carbocycles. The van der Waals surface area contributed by atoms with E-state index < -0.39 is 5.60 Å². The van der Waals surface area contributed by atoms with Gasteiger partial charge in [-0.25, -0.2) is 0 Å². The van der Waals surface area contributed by atoms with Crippen LogP contribution in [0.2, 0.25) is 0 Å². The number of likely N-dealkylation sites (N-methyl/N-ethyl adjacent to an activating group) is 1. The van der Waals surface area contributed by atoms with Crippen molar-refractivity contribution in [2.24, 2.45) is 17.8 Å². The molecular weight excluding hydrogens is 328 g/mol. The minimum atomic E-state index is -1.54. The van der Waals surface area contributed by atoms with Crippen LogP contribution in [0.4, 0.5) is 0 Å². The van der Waals surface area contributed by atoms with Crippen LogP contribution in [0.25, 0.3) is 0 Å². The molecule has 144 valence electrons. The lowest BCUT2D eigenvalue weighted by atomic mass is 9.66. The van der Waals surface area contributed by atoms with Gasteiger partial charge < -0.3 is 20.1 Å². The molecule has 1 aliphatic carbocycles. The summed E-state index contributed by atoms with van der Waals surface area (Å²) >= 11 is 0. The van der Waals surface area contributed by atoms with Gasteiger partial charge in [0.25, 0.3) is 5.91 Å². The van der Waals surface area contributed by atoms with Crippen molar-refractivity contribution in [3.63, 3.8) is 0 Å². The van der Waals surface area contributed by atoms with Gasteiger partial charge in [0, 0.05) is 13.6 Å². The molecule has 0 spiro atoms. The fourth-order valence-corrected chi connectivity index (χ4v) is 4.53. The van der Waals surface area contributed by atoms with E-state index in [9.17, 15) is 9.90 Å². The van der Waals surface area contributed by atoms with Crippen LogP contribution in [0, 0.1) is 17.8 Å². The smallest absolute Gasteiger partial charge is 0.258 e. The third-order valence-corrected chi connectivity index (χ3v) is 6.25. The van der Waals surface area contributed by atoms with Crippen molar-refractivity contribution >= 4 is 5.91 Å². The number of aliphatic hydroxyl groups is 1. The average Bonchev–Trinajstić information content (AvgIpc) is 2.64. The number of benzene rings is 1. The number of amides is 1. The van der Waals surface area contributed by atoms with Crippen molar-refractivity contribution in [1.29, 1.82) is 0 Å². The Balaban J connectivity index is 1.54. The first-order chi connectivity index (χ1) is 12.4. The summed E-state index contributed by atoms with van der Waals surface area (Å²) in [5, 5.41) is 14.3. The summed E-state index contributed by atoms with van der Waals surface area (Å²) in [5.41, 5.74) is -0.975. The highest BCUT2D eigenvalue weighted by Gasteiger charge is 2.39. The first kappa shape index (κ1) is 19.2. The van der Waals surface area contributed by atoms with Crippen LogP contribution >= 0.6 is 0 Å². The van der Waals surface area contributed by atoms with Crippen molar-refractivity contribution < 1.29 is 14.6 Å². The average molecular weight is 360 g/mol. The Kier molecular flexibility index (Phi) is 5.88. The Hall–Kier alpha value is -1.59. The fraction of sp³-hybridized carbons (Fsp3) is 0.667. The normalized spacial score (nSPS) is 25.8. The third-order valence-electron chi connectivity index (χ3n) is 6.25. The SMILES string of the molecule is COc1cccc([C@@](C)(O)C(=O)N(C)CC2CC(C3CCNCC3)C2)c1. The second-order valence-electron chi connectivity index (χ2n) is 8.17. The van der Waals surface area contributed by atoms with Crippen molar-refractivity contribution in [3.05, 3.63) is 29.8 Å². The molecule has 0 bridgehead atoms. The number of nitrogens with zero attached hydrogens (tertiary/aromatic N) is 1. The molecule has 1 aromatic rings. The largest absolute Gasteiger partial charge is 0.497 e. The third kappa shape index (κ3) is 4.04. The number of carbonyl (C=O) groups excluding carboxylic acids is 1. The van der Waals surface area contributed by atoms with E-state index in [-0.39, 0.29) is 5.91 Å². The van der Waals surface area contributed by atoms with Crippen LogP contribution in [0.3, 0.4) is 0 Å². The number of ether oxygens (including phenoxy) is 1. The highest BCUT2D eigenvalue weighted by Crippen LogP contribution is 2.42. The lowest BCUT2D eigenvalue weighted by Crippen LogP contribution is -2.47. The molecule has 1 aliphatic heterocycles. The van der Waals surface area contributed by atoms with Gasteiger partial charge in [0.2, 0.25) is 0 Å². The zero-order valence-electron chi connectivity index (χ0n) is 16.2. The Labute approximate surface area is 156 Å². The van der Waals surface area contributed by atoms with Crippen LogP contribution in [0.15, 0.2) is 24.3 Å². The quantitative estimate of drug-likeness (QED) is 0.818. The molecule has 3 rings (SSSR count). The molecule has 0 aromatic heterocycles. The Morgan fingerprint density at radius 2 is 2.00 bits per heavy atom. The highest BCUT2D eigenvalue weighted by molar-refractivity contribution is 5.85. The van der Waals surface area contributed by atoms with Gasteiger partial charge in [-0.3, -0.25) is 4.79 Å². The van der Waals surface area contributed by atoms with E-state index in [1.807, 2.05) is 6.07 Å². The zero-order chi connectivity index (χ0) is 18.7. The Morgan fingerprint density at radius 3 is 2.65 bits per heavy atom. The molecule has 26 heavy (non-hydrogen) atoms. The molecule has 1 amide bonds. The summed E-state index contributed by atoms with van der Waals surface area (Å²) in [5.74, 6) is 2.63. The number of methoxy groups -OCH3 is 1. The summed E-state index contributed by atoms with van der Waals surface area (Å²) in [6, 6.07) is 7.10. The second-order valence-corrected chi connectivity index (χ2v) is 8.17. The van der Waals surface area contributed by atoms with Gasteiger partial charge in [0.15, 0.2) is 5.60 Å². The van der Waals surface area contributed by atoms with E-state index in [1.165, 1.54) is 25.7 Å². The van der Waals surface area contributed by atoms with Crippen molar-refractivity contribution in [2.75, 3.05) is 33.8 Å². The van der Waals surface area contributed by atoms with Crippen LogP contribution in [-0.4, -0.2) is 49.7 Å². The standard InChI is InChI=1S/C21H32N2O3/c1-21(25,18-5-4-6-19(13-18)26-3)20(24)23(2)14-15-11-17(12-15)16-7-9-22-10-8-16/h4-6,13,15-17,22,25H,7-12,14H2,1-3H3/t15?,17?,21-/m1/s1. The van der Waals surface area contributed by atoms with Crippen LogP contribution < -0.4 is 10.1 Å². The molecule has 5 heteroatoms. The minimum Gasteiger partial charge on any atom is -0.497 e. The lowest BCUT2D eigenvalue weighted by Gasteiger charge is -2.44. The number of hydrogen-bond donors (Lipinski definition) is 2. The number of nitrogens with one attached hydrogen (secondary N) is 1. The number of piperidine rings is 1. The molecule has 1 saturated heterocycles. The molecule has 2 aliphatic rings. The maximum atomic E-state index is 12.9. The molecule has 0 unspecified atom stereocenters. The molecule has 1 heterocycles. The highest BCUT2D eigenvalue weighted by atomic mass is 16.5. The van der Waals surface area contributed by atoms with Crippen molar-refractivity contribution in [1.82, 2.24) is 10.2 Å². The molecule has 2 N–H and O–H groups in total. The van der Waals surface area contributed by atoms with Gasteiger partial charge in [-0.15, -0.1) is 0 Å². The second kappa shape index (κ2) is 7.97. The van der Waals surface area contributed by atoms with Crippen molar-refractivity contribution in [2.45, 2.75) is 38.2 Å². The van der Waals surface area contributed by atoms with Gasteiger partial charge in [-0.2, -0.15) is 0 Å². The molecular formula is C21H32N2O3. The monoisotopic (exact) mass is 360 g/mol. The topological polar surface area (TPSA) is 61.8 Å². The summed E-state index contributed by atoms with van der Waals surface area (Å²) in [4.78, 5) is 14.5. The predicted molar refractivity (Wildman–Crippen MR) is 102 cm³/mol. The van der Waals surface area contributed by atoms with E-state index in [0.29, 0.717) is 17.2 Å². The van der Waals surface area contributed by atoms with Gasteiger partial charge >= 0.3 is 0 Å². The molecule has 1 saturated carbocycles. The Bertz CT molecular complexity index is 619. The molecule has 2 fully saturated rings. The summed E-state index contributed by atoms with van der Waals surface area (Å²) in [6.45, 7) is 4.58. The summed E-state index contributed by atoms with van der Waals surface area (Å²) in [7, 11) is 3.38. The fourth-order valence-electron chi connectivity index (χ4n) is 4.53. The van der Waals surface area contributed by atoms with Gasteiger partial charge in [-0.1, -0.05) is 12.1 Å². The first-order valence-corrected chi connectivity index (χ1v) is 9.75. The predicted octanol–water partition coefficient (Wildman–Crippen LogP) is 2.39. The van der Waals surface area contributed by atoms with E-state index >= 15 is 0 Å². The number of carbonyl (C=O) groups is 1. The summed E-state index contributed by atoms with van der Waals surface area (Å²) < 4.78 is 5.21. The zero-order valence-corrected chi connectivity index (χ0v) is 16.2. The lowest BCUT2D eigenvalue weighted by molar-refractivity contribution is -0.150. The minimum absolute atomic E-state index is 0.254. The van der Waals surface area contributed by atoms with E-state index in [1.54, 1.807) is 44.2 Å². The van der Waals surface area contributed by atoms with Gasteiger partial charge in [-0.05, 0) is 81.1 Å². The maximum Gasteiger partial charge on any atom is 0.258 e. The molecule has 1 atom stereocenters.